The number of alkyl halides is 3. The summed E-state index contributed by atoms with van der Waals surface area (Å²) in [6, 6.07) is 5.09. The molecule has 0 spiro atoms. The van der Waals surface area contributed by atoms with Crippen molar-refractivity contribution >= 4 is 15.9 Å². The van der Waals surface area contributed by atoms with Crippen LogP contribution in [0.15, 0.2) is 22.7 Å². The summed E-state index contributed by atoms with van der Waals surface area (Å²) in [7, 11) is 0. The normalized spacial score (nSPS) is 13.3. The predicted octanol–water partition coefficient (Wildman–Crippen LogP) is 4.84. The van der Waals surface area contributed by atoms with E-state index in [9.17, 15) is 13.2 Å². The maximum atomic E-state index is 12.4. The molecule has 0 saturated carbocycles. The van der Waals surface area contributed by atoms with Crippen LogP contribution < -0.4 is 10.1 Å². The van der Waals surface area contributed by atoms with Crippen LogP contribution in [0.1, 0.15) is 38.3 Å². The van der Waals surface area contributed by atoms with Crippen LogP contribution in [0.2, 0.25) is 0 Å². The van der Waals surface area contributed by atoms with Crippen molar-refractivity contribution in [3.05, 3.63) is 28.2 Å². The number of rotatable bonds is 7. The van der Waals surface area contributed by atoms with Gasteiger partial charge in [-0.05, 0) is 53.5 Å². The summed E-state index contributed by atoms with van der Waals surface area (Å²) in [4.78, 5) is 0. The van der Waals surface area contributed by atoms with Gasteiger partial charge >= 0.3 is 6.18 Å². The minimum Gasteiger partial charge on any atom is -0.493 e. The predicted molar refractivity (Wildman–Crippen MR) is 77.0 cm³/mol. The third kappa shape index (κ3) is 5.71. The van der Waals surface area contributed by atoms with Gasteiger partial charge in [-0.15, -0.1) is 0 Å². The van der Waals surface area contributed by atoms with E-state index in [1.165, 1.54) is 0 Å². The van der Waals surface area contributed by atoms with E-state index in [1.54, 1.807) is 12.1 Å². The molecule has 0 fully saturated rings. The molecule has 0 bridgehead atoms. The van der Waals surface area contributed by atoms with Gasteiger partial charge in [-0.3, -0.25) is 0 Å². The first-order chi connectivity index (χ1) is 9.37. The molecule has 1 N–H and O–H groups in total. The smallest absolute Gasteiger partial charge is 0.389 e. The summed E-state index contributed by atoms with van der Waals surface area (Å²) in [6.07, 6.45) is -4.90. The number of halogens is 4. The molecule has 0 aromatic heterocycles. The van der Waals surface area contributed by atoms with Crippen molar-refractivity contribution in [2.24, 2.45) is 0 Å². The lowest BCUT2D eigenvalue weighted by Crippen LogP contribution is -2.23. The first-order valence-electron chi connectivity index (χ1n) is 6.59. The molecule has 1 unspecified atom stereocenters. The van der Waals surface area contributed by atoms with Gasteiger partial charge in [0, 0.05) is 12.5 Å². The van der Waals surface area contributed by atoms with Gasteiger partial charge in [0.15, 0.2) is 0 Å². The molecule has 0 amide bonds. The van der Waals surface area contributed by atoms with Crippen molar-refractivity contribution in [3.63, 3.8) is 0 Å². The molecule has 1 aromatic rings. The Morgan fingerprint density at radius 3 is 2.50 bits per heavy atom. The van der Waals surface area contributed by atoms with Crippen molar-refractivity contribution in [1.82, 2.24) is 5.32 Å². The Morgan fingerprint density at radius 1 is 1.30 bits per heavy atom. The zero-order valence-corrected chi connectivity index (χ0v) is 13.1. The molecule has 0 aliphatic heterocycles. The molecule has 0 aliphatic carbocycles. The van der Waals surface area contributed by atoms with Crippen molar-refractivity contribution < 1.29 is 17.9 Å². The Kier molecular flexibility index (Phi) is 6.82. The first kappa shape index (κ1) is 17.3. The van der Waals surface area contributed by atoms with Crippen LogP contribution >= 0.6 is 15.9 Å². The fraction of sp³-hybridized carbons (Fsp3) is 0.571. The molecule has 2 nitrogen and oxygen atoms in total. The molecule has 6 heteroatoms. The lowest BCUT2D eigenvalue weighted by atomic mass is 10.0. The summed E-state index contributed by atoms with van der Waals surface area (Å²) in [5, 5.41) is 3.09. The van der Waals surface area contributed by atoms with Crippen LogP contribution in [0.4, 0.5) is 13.2 Å². The minimum atomic E-state index is -4.13. The summed E-state index contributed by atoms with van der Waals surface area (Å²) < 4.78 is 43.2. The molecule has 1 aromatic carbocycles. The van der Waals surface area contributed by atoms with Gasteiger partial charge in [-0.1, -0.05) is 13.0 Å². The average molecular weight is 354 g/mol. The van der Waals surface area contributed by atoms with Crippen LogP contribution in [0.3, 0.4) is 0 Å². The Hall–Kier alpha value is -0.750. The van der Waals surface area contributed by atoms with Gasteiger partial charge in [-0.25, -0.2) is 0 Å². The molecule has 20 heavy (non-hydrogen) atoms. The lowest BCUT2D eigenvalue weighted by Gasteiger charge is -2.20. The molecule has 1 rings (SSSR count). The Balaban J connectivity index is 2.83. The van der Waals surface area contributed by atoms with E-state index in [0.29, 0.717) is 18.9 Å². The highest BCUT2D eigenvalue weighted by molar-refractivity contribution is 9.10. The molecule has 0 heterocycles. The first-order valence-corrected chi connectivity index (χ1v) is 7.39. The fourth-order valence-electron chi connectivity index (χ4n) is 1.95. The lowest BCUT2D eigenvalue weighted by molar-refractivity contribution is -0.136. The largest absolute Gasteiger partial charge is 0.493 e. The molecule has 0 aliphatic rings. The molecular weight excluding hydrogens is 335 g/mol. The quantitative estimate of drug-likeness (QED) is 0.757. The minimum absolute atomic E-state index is 0.0256. The monoisotopic (exact) mass is 353 g/mol. The van der Waals surface area contributed by atoms with Crippen LogP contribution in [0.25, 0.3) is 0 Å². The second-order valence-electron chi connectivity index (χ2n) is 4.39. The third-order valence-corrected chi connectivity index (χ3v) is 3.44. The topological polar surface area (TPSA) is 21.3 Å². The maximum Gasteiger partial charge on any atom is 0.389 e. The van der Waals surface area contributed by atoms with Gasteiger partial charge in [0.25, 0.3) is 0 Å². The maximum absolute atomic E-state index is 12.4. The molecule has 114 valence electrons. The highest BCUT2D eigenvalue weighted by Gasteiger charge is 2.28. The Labute approximate surface area is 125 Å². The average Bonchev–Trinajstić information content (AvgIpc) is 2.36. The number of hydrogen-bond donors (Lipinski definition) is 1. The highest BCUT2D eigenvalue weighted by Crippen LogP contribution is 2.32. The molecule has 0 saturated heterocycles. The van der Waals surface area contributed by atoms with Crippen molar-refractivity contribution in [2.45, 2.75) is 38.9 Å². The zero-order chi connectivity index (χ0) is 15.2. The summed E-state index contributed by atoms with van der Waals surface area (Å²) in [6.45, 7) is 4.92. The summed E-state index contributed by atoms with van der Waals surface area (Å²) in [5.74, 6) is 0.697. The van der Waals surface area contributed by atoms with Crippen LogP contribution in [-0.2, 0) is 0 Å². The Bertz CT molecular complexity index is 423. The number of ether oxygens (including phenoxy) is 1. The van der Waals surface area contributed by atoms with Crippen molar-refractivity contribution in [2.75, 3.05) is 13.2 Å². The van der Waals surface area contributed by atoms with E-state index >= 15 is 0 Å². The third-order valence-electron chi connectivity index (χ3n) is 2.83. The van der Waals surface area contributed by atoms with E-state index in [0.717, 1.165) is 10.0 Å². The van der Waals surface area contributed by atoms with Gasteiger partial charge in [0.05, 0.1) is 11.1 Å². The zero-order valence-electron chi connectivity index (χ0n) is 11.6. The summed E-state index contributed by atoms with van der Waals surface area (Å²) >= 11 is 3.38. The van der Waals surface area contributed by atoms with E-state index in [1.807, 2.05) is 19.9 Å². The van der Waals surface area contributed by atoms with Gasteiger partial charge in [-0.2, -0.15) is 13.2 Å². The van der Waals surface area contributed by atoms with Gasteiger partial charge in [0.2, 0.25) is 0 Å². The molecular formula is C14H19BrF3NO. The second-order valence-corrected chi connectivity index (χ2v) is 5.24. The van der Waals surface area contributed by atoms with E-state index in [-0.39, 0.29) is 12.5 Å². The van der Waals surface area contributed by atoms with Crippen LogP contribution in [0, 0.1) is 0 Å². The number of benzene rings is 1. The van der Waals surface area contributed by atoms with Crippen LogP contribution in [-0.4, -0.2) is 19.3 Å². The van der Waals surface area contributed by atoms with E-state index < -0.39 is 12.6 Å². The van der Waals surface area contributed by atoms with Crippen molar-refractivity contribution in [1.29, 1.82) is 0 Å². The SMILES string of the molecule is CCNC(CCC(F)(F)F)c1ccc(OCC)c(Br)c1. The molecule has 1 atom stereocenters. The van der Waals surface area contributed by atoms with E-state index in [2.05, 4.69) is 21.2 Å². The Morgan fingerprint density at radius 2 is 2.00 bits per heavy atom. The second kappa shape index (κ2) is 7.88. The van der Waals surface area contributed by atoms with E-state index in [4.69, 9.17) is 4.74 Å². The van der Waals surface area contributed by atoms with Crippen molar-refractivity contribution in [3.8, 4) is 5.75 Å². The number of nitrogens with one attached hydrogen (secondary N) is 1. The van der Waals surface area contributed by atoms with Crippen LogP contribution in [0.5, 0.6) is 5.75 Å². The van der Waals surface area contributed by atoms with Gasteiger partial charge in [0.1, 0.15) is 5.75 Å². The summed E-state index contributed by atoms with van der Waals surface area (Å²) in [5.41, 5.74) is 0.825. The molecule has 0 radical (unpaired) electrons. The van der Waals surface area contributed by atoms with Gasteiger partial charge < -0.3 is 10.1 Å². The standard InChI is InChI=1S/C14H19BrF3NO/c1-3-19-12(7-8-14(16,17)18)10-5-6-13(20-4-2)11(15)9-10/h5-6,9,12,19H,3-4,7-8H2,1-2H3. The fourth-order valence-corrected chi connectivity index (χ4v) is 2.46. The number of hydrogen-bond acceptors (Lipinski definition) is 2. The highest BCUT2D eigenvalue weighted by atomic mass is 79.9.